The van der Waals surface area contributed by atoms with E-state index in [1.807, 2.05) is 6.07 Å². The molecule has 1 heterocycles. The highest BCUT2D eigenvalue weighted by Gasteiger charge is 2.32. The van der Waals surface area contributed by atoms with Gasteiger partial charge in [-0.1, -0.05) is 15.9 Å². The largest absolute Gasteiger partial charge is 0.495 e. The van der Waals surface area contributed by atoms with Gasteiger partial charge in [-0.3, -0.25) is 0 Å². The number of hydrogen-bond acceptors (Lipinski definition) is 5. The van der Waals surface area contributed by atoms with Crippen LogP contribution in [0.5, 0.6) is 5.75 Å². The van der Waals surface area contributed by atoms with Gasteiger partial charge in [0.25, 0.3) is 0 Å². The van der Waals surface area contributed by atoms with Gasteiger partial charge in [0.1, 0.15) is 10.6 Å². The van der Waals surface area contributed by atoms with Crippen molar-refractivity contribution < 1.29 is 17.9 Å². The maximum atomic E-state index is 12.6. The van der Waals surface area contributed by atoms with Crippen LogP contribution in [-0.2, 0) is 14.8 Å². The first-order chi connectivity index (χ1) is 9.48. The predicted octanol–water partition coefficient (Wildman–Crippen LogP) is 1.37. The highest BCUT2D eigenvalue weighted by molar-refractivity contribution is 9.10. The van der Waals surface area contributed by atoms with Gasteiger partial charge in [0.15, 0.2) is 6.10 Å². The molecule has 2 rings (SSSR count). The zero-order valence-electron chi connectivity index (χ0n) is 10.7. The minimum atomic E-state index is -3.72. The molecule has 1 aliphatic rings. The molecule has 1 aromatic carbocycles. The van der Waals surface area contributed by atoms with E-state index in [1.54, 1.807) is 12.1 Å². The second kappa shape index (κ2) is 6.10. The molecule has 0 saturated carbocycles. The molecule has 108 valence electrons. The number of benzene rings is 1. The first-order valence-corrected chi connectivity index (χ1v) is 8.07. The number of nitrogens with zero attached hydrogens (tertiary/aromatic N) is 2. The van der Waals surface area contributed by atoms with E-state index in [9.17, 15) is 8.42 Å². The van der Waals surface area contributed by atoms with Crippen molar-refractivity contribution in [2.75, 3.05) is 26.8 Å². The molecule has 1 aromatic rings. The van der Waals surface area contributed by atoms with Crippen LogP contribution in [0.25, 0.3) is 0 Å². The van der Waals surface area contributed by atoms with Crippen LogP contribution in [0, 0.1) is 11.3 Å². The summed E-state index contributed by atoms with van der Waals surface area (Å²) in [7, 11) is -2.31. The highest BCUT2D eigenvalue weighted by atomic mass is 79.9. The number of sulfonamides is 1. The zero-order chi connectivity index (χ0) is 14.8. The van der Waals surface area contributed by atoms with Crippen LogP contribution in [0.1, 0.15) is 0 Å². The molecular formula is C12H13BrN2O4S. The number of methoxy groups -OCH3 is 1. The van der Waals surface area contributed by atoms with Gasteiger partial charge in [-0.25, -0.2) is 8.42 Å². The maximum Gasteiger partial charge on any atom is 0.247 e. The smallest absolute Gasteiger partial charge is 0.247 e. The zero-order valence-corrected chi connectivity index (χ0v) is 13.1. The van der Waals surface area contributed by atoms with Gasteiger partial charge in [-0.05, 0) is 18.2 Å². The van der Waals surface area contributed by atoms with Crippen LogP contribution in [0.4, 0.5) is 0 Å². The molecule has 1 aliphatic heterocycles. The number of hydrogen-bond donors (Lipinski definition) is 0. The van der Waals surface area contributed by atoms with E-state index in [0.717, 1.165) is 0 Å². The average molecular weight is 361 g/mol. The number of ether oxygens (including phenoxy) is 2. The molecule has 1 saturated heterocycles. The molecule has 0 spiro atoms. The Morgan fingerprint density at radius 2 is 2.30 bits per heavy atom. The number of nitriles is 1. The maximum absolute atomic E-state index is 12.6. The Hall–Kier alpha value is -1.14. The SMILES string of the molecule is COc1ccc(Br)cc1S(=O)(=O)N1CCOC(C#N)C1. The van der Waals surface area contributed by atoms with Crippen LogP contribution >= 0.6 is 15.9 Å². The average Bonchev–Trinajstić information content (AvgIpc) is 2.47. The van der Waals surface area contributed by atoms with Crippen LogP contribution in [0.2, 0.25) is 0 Å². The molecule has 20 heavy (non-hydrogen) atoms. The lowest BCUT2D eigenvalue weighted by Crippen LogP contribution is -2.45. The van der Waals surface area contributed by atoms with Crippen LogP contribution in [-0.4, -0.2) is 45.6 Å². The Bertz CT molecular complexity index is 641. The van der Waals surface area contributed by atoms with Crippen LogP contribution in [0.15, 0.2) is 27.6 Å². The lowest BCUT2D eigenvalue weighted by Gasteiger charge is -2.29. The standard InChI is InChI=1S/C12H13BrN2O4S/c1-18-11-3-2-9(13)6-12(11)20(16,17)15-4-5-19-10(7-14)8-15/h2-3,6,10H,4-5,8H2,1H3. The molecule has 6 nitrogen and oxygen atoms in total. The van der Waals surface area contributed by atoms with Crippen LogP contribution in [0.3, 0.4) is 0 Å². The Kier molecular flexibility index (Phi) is 4.65. The summed E-state index contributed by atoms with van der Waals surface area (Å²) in [6.07, 6.45) is -0.739. The summed E-state index contributed by atoms with van der Waals surface area (Å²) in [6.45, 7) is 0.443. The quantitative estimate of drug-likeness (QED) is 0.813. The second-order valence-electron chi connectivity index (χ2n) is 4.15. The summed E-state index contributed by atoms with van der Waals surface area (Å²) in [5, 5.41) is 8.86. The predicted molar refractivity (Wildman–Crippen MR) is 74.8 cm³/mol. The summed E-state index contributed by atoms with van der Waals surface area (Å²) in [5.41, 5.74) is 0. The van der Waals surface area contributed by atoms with Crippen molar-refractivity contribution in [2.45, 2.75) is 11.0 Å². The van der Waals surface area contributed by atoms with Gasteiger partial charge in [0, 0.05) is 11.0 Å². The fourth-order valence-electron chi connectivity index (χ4n) is 1.91. The normalized spacial score (nSPS) is 20.4. The monoisotopic (exact) mass is 360 g/mol. The minimum absolute atomic E-state index is 0.0223. The molecule has 8 heteroatoms. The van der Waals surface area contributed by atoms with E-state index in [1.165, 1.54) is 17.5 Å². The third-order valence-corrected chi connectivity index (χ3v) is 5.30. The molecule has 0 amide bonds. The third-order valence-electron chi connectivity index (χ3n) is 2.92. The first kappa shape index (κ1) is 15.3. The van der Waals surface area contributed by atoms with Crippen molar-refractivity contribution >= 4 is 26.0 Å². The Labute approximate surface area is 126 Å². The van der Waals surface area contributed by atoms with Gasteiger partial charge in [-0.15, -0.1) is 0 Å². The Morgan fingerprint density at radius 3 is 2.95 bits per heavy atom. The lowest BCUT2D eigenvalue weighted by molar-refractivity contribution is 0.0311. The number of rotatable bonds is 3. The molecule has 0 bridgehead atoms. The molecular weight excluding hydrogens is 348 g/mol. The van der Waals surface area contributed by atoms with Gasteiger partial charge in [-0.2, -0.15) is 9.57 Å². The van der Waals surface area contributed by atoms with E-state index in [2.05, 4.69) is 15.9 Å². The second-order valence-corrected chi connectivity index (χ2v) is 6.97. The third kappa shape index (κ3) is 2.96. The van der Waals surface area contributed by atoms with Gasteiger partial charge >= 0.3 is 0 Å². The van der Waals surface area contributed by atoms with Crippen LogP contribution < -0.4 is 4.74 Å². The molecule has 1 atom stereocenters. The molecule has 1 unspecified atom stereocenters. The van der Waals surface area contributed by atoms with Gasteiger partial charge in [0.2, 0.25) is 10.0 Å². The van der Waals surface area contributed by atoms with Crippen molar-refractivity contribution in [1.82, 2.24) is 4.31 Å². The number of morpholine rings is 1. The van der Waals surface area contributed by atoms with E-state index in [4.69, 9.17) is 14.7 Å². The first-order valence-electron chi connectivity index (χ1n) is 5.84. The van der Waals surface area contributed by atoms with E-state index >= 15 is 0 Å². The Balaban J connectivity index is 2.40. The minimum Gasteiger partial charge on any atom is -0.495 e. The summed E-state index contributed by atoms with van der Waals surface area (Å²) in [4.78, 5) is 0.0768. The lowest BCUT2D eigenvalue weighted by atomic mass is 10.3. The van der Waals surface area contributed by atoms with E-state index in [-0.39, 0.29) is 30.3 Å². The fraction of sp³-hybridized carbons (Fsp3) is 0.417. The van der Waals surface area contributed by atoms with Crippen molar-refractivity contribution in [1.29, 1.82) is 5.26 Å². The highest BCUT2D eigenvalue weighted by Crippen LogP contribution is 2.30. The van der Waals surface area contributed by atoms with Gasteiger partial charge in [0.05, 0.1) is 26.3 Å². The topological polar surface area (TPSA) is 79.6 Å². The summed E-state index contributed by atoms with van der Waals surface area (Å²) in [5.74, 6) is 0.271. The Morgan fingerprint density at radius 1 is 1.55 bits per heavy atom. The van der Waals surface area contributed by atoms with Crippen molar-refractivity contribution in [2.24, 2.45) is 0 Å². The van der Waals surface area contributed by atoms with Crippen molar-refractivity contribution in [3.8, 4) is 11.8 Å². The number of halogens is 1. The fourth-order valence-corrected chi connectivity index (χ4v) is 4.03. The summed E-state index contributed by atoms with van der Waals surface area (Å²) < 4.78 is 37.4. The van der Waals surface area contributed by atoms with E-state index in [0.29, 0.717) is 4.47 Å². The van der Waals surface area contributed by atoms with E-state index < -0.39 is 16.1 Å². The molecule has 0 aliphatic carbocycles. The molecule has 0 radical (unpaired) electrons. The summed E-state index contributed by atoms with van der Waals surface area (Å²) >= 11 is 3.25. The van der Waals surface area contributed by atoms with Gasteiger partial charge < -0.3 is 9.47 Å². The molecule has 0 N–H and O–H groups in total. The van der Waals surface area contributed by atoms with Crippen molar-refractivity contribution in [3.63, 3.8) is 0 Å². The van der Waals surface area contributed by atoms with Crippen molar-refractivity contribution in [3.05, 3.63) is 22.7 Å². The summed E-state index contributed by atoms with van der Waals surface area (Å²) in [6, 6.07) is 6.71. The molecule has 1 fully saturated rings. The molecule has 0 aromatic heterocycles.